The molecule has 0 spiro atoms. The molecule has 1 unspecified atom stereocenters. The van der Waals surface area contributed by atoms with Gasteiger partial charge in [-0.05, 0) is 50.2 Å². The Kier molecular flexibility index (Phi) is 6.42. The van der Waals surface area contributed by atoms with E-state index in [1.165, 1.54) is 12.1 Å². The van der Waals surface area contributed by atoms with Crippen molar-refractivity contribution >= 4 is 21.9 Å². The summed E-state index contributed by atoms with van der Waals surface area (Å²) in [6, 6.07) is 8.13. The average Bonchev–Trinajstić information content (AvgIpc) is 2.78. The highest BCUT2D eigenvalue weighted by Crippen LogP contribution is 2.54. The second-order valence-corrected chi connectivity index (χ2v) is 10.9. The van der Waals surface area contributed by atoms with Crippen LogP contribution >= 0.6 is 0 Å². The Bertz CT molecular complexity index is 861. The van der Waals surface area contributed by atoms with Crippen LogP contribution < -0.4 is 0 Å². The predicted molar refractivity (Wildman–Crippen MR) is 111 cm³/mol. The van der Waals surface area contributed by atoms with Crippen LogP contribution in [0, 0.1) is 17.3 Å². The Morgan fingerprint density at radius 2 is 1.87 bits per heavy atom. The molecule has 3 aliphatic rings. The van der Waals surface area contributed by atoms with Crippen LogP contribution in [0.1, 0.15) is 51.4 Å². The maximum absolute atomic E-state index is 13.4. The third kappa shape index (κ3) is 3.87. The van der Waals surface area contributed by atoms with Crippen LogP contribution in [0.3, 0.4) is 0 Å². The van der Waals surface area contributed by atoms with Gasteiger partial charge in [-0.15, -0.1) is 0 Å². The molecule has 6 nitrogen and oxygen atoms in total. The van der Waals surface area contributed by atoms with Gasteiger partial charge in [-0.3, -0.25) is 4.79 Å². The second kappa shape index (κ2) is 8.89. The zero-order valence-electron chi connectivity index (χ0n) is 17.2. The van der Waals surface area contributed by atoms with Crippen LogP contribution in [0.15, 0.2) is 35.2 Å². The van der Waals surface area contributed by atoms with Gasteiger partial charge in [0, 0.05) is 24.4 Å². The van der Waals surface area contributed by atoms with E-state index in [0.29, 0.717) is 19.4 Å². The lowest BCUT2D eigenvalue weighted by atomic mass is 9.55. The lowest BCUT2D eigenvalue weighted by Gasteiger charge is -2.51. The Hall–Kier alpha value is -1.57. The molecule has 5 atom stereocenters. The van der Waals surface area contributed by atoms with Crippen molar-refractivity contribution < 1.29 is 27.5 Å². The number of sulfone groups is 1. The molecule has 1 aromatic carbocycles. The van der Waals surface area contributed by atoms with Gasteiger partial charge >= 0.3 is 0 Å². The fourth-order valence-electron chi connectivity index (χ4n) is 5.63. The molecule has 1 aliphatic heterocycles. The number of Topliss-reactive ketones (excluding diaryl/α,β-unsaturated/α-hetero) is 1. The molecule has 1 saturated heterocycles. The molecule has 2 saturated carbocycles. The molecule has 0 radical (unpaired) electrons. The Labute approximate surface area is 178 Å². The first-order valence-corrected chi connectivity index (χ1v) is 12.5. The number of ketones is 1. The van der Waals surface area contributed by atoms with Gasteiger partial charge in [-0.25, -0.2) is 8.42 Å². The standard InChI is InChI=1S/C23H30O6S/c24-16-23-12-6-4-10-19(23)22(30(26,27)18-8-2-1-3-9-18)20(25)14-17(23)15-29-21-11-5-7-13-28-21/h1-3,8-9,16-17,19,21-22H,4-7,10-15H2/t17-,19-,21?,22-,23-/m0/s1. The summed E-state index contributed by atoms with van der Waals surface area (Å²) < 4.78 is 38.5. The monoisotopic (exact) mass is 434 g/mol. The van der Waals surface area contributed by atoms with E-state index in [9.17, 15) is 18.0 Å². The minimum Gasteiger partial charge on any atom is -0.353 e. The van der Waals surface area contributed by atoms with Crippen molar-refractivity contribution in [3.63, 3.8) is 0 Å². The van der Waals surface area contributed by atoms with Gasteiger partial charge in [0.25, 0.3) is 0 Å². The fourth-order valence-corrected chi connectivity index (χ4v) is 7.73. The average molecular weight is 435 g/mol. The molecule has 4 rings (SSSR count). The molecule has 0 amide bonds. The fraction of sp³-hybridized carbons (Fsp3) is 0.652. The topological polar surface area (TPSA) is 86.7 Å². The molecule has 30 heavy (non-hydrogen) atoms. The number of hydrogen-bond acceptors (Lipinski definition) is 6. The molecule has 1 aromatic rings. The van der Waals surface area contributed by atoms with Crippen molar-refractivity contribution in [2.45, 2.75) is 67.8 Å². The SMILES string of the molecule is O=C[C@]12CCCC[C@H]1[C@H](S(=O)(=O)c1ccccc1)C(=O)C[C@H]2COC1CCCCO1. The normalized spacial score (nSPS) is 34.9. The third-order valence-corrected chi connectivity index (χ3v) is 9.39. The minimum atomic E-state index is -3.86. The van der Waals surface area contributed by atoms with Crippen LogP contribution in [0.2, 0.25) is 0 Å². The van der Waals surface area contributed by atoms with Crippen LogP contribution in [0.4, 0.5) is 0 Å². The third-order valence-electron chi connectivity index (χ3n) is 7.20. The quantitative estimate of drug-likeness (QED) is 0.638. The first-order chi connectivity index (χ1) is 14.5. The van der Waals surface area contributed by atoms with E-state index in [4.69, 9.17) is 9.47 Å². The second-order valence-electron chi connectivity index (χ2n) is 8.86. The molecular formula is C23H30O6S. The molecular weight excluding hydrogens is 404 g/mol. The van der Waals surface area contributed by atoms with E-state index >= 15 is 0 Å². The van der Waals surface area contributed by atoms with Crippen molar-refractivity contribution in [3.05, 3.63) is 30.3 Å². The summed E-state index contributed by atoms with van der Waals surface area (Å²) in [6.07, 6.45) is 6.41. The van der Waals surface area contributed by atoms with E-state index < -0.39 is 26.4 Å². The van der Waals surface area contributed by atoms with Gasteiger partial charge in [-0.2, -0.15) is 0 Å². The van der Waals surface area contributed by atoms with Gasteiger partial charge in [0.05, 0.1) is 11.5 Å². The summed E-state index contributed by atoms with van der Waals surface area (Å²) in [6.45, 7) is 0.914. The van der Waals surface area contributed by atoms with Crippen molar-refractivity contribution in [1.82, 2.24) is 0 Å². The van der Waals surface area contributed by atoms with Crippen molar-refractivity contribution in [1.29, 1.82) is 0 Å². The number of carbonyl (C=O) groups excluding carboxylic acids is 2. The van der Waals surface area contributed by atoms with Crippen molar-refractivity contribution in [2.75, 3.05) is 13.2 Å². The number of fused-ring (bicyclic) bond motifs is 1. The van der Waals surface area contributed by atoms with E-state index in [1.807, 2.05) is 0 Å². The molecule has 2 aliphatic carbocycles. The van der Waals surface area contributed by atoms with Gasteiger partial charge in [-0.1, -0.05) is 31.0 Å². The minimum absolute atomic E-state index is 0.0543. The Morgan fingerprint density at radius 3 is 2.57 bits per heavy atom. The number of carbonyl (C=O) groups is 2. The number of hydrogen-bond donors (Lipinski definition) is 0. The summed E-state index contributed by atoms with van der Waals surface area (Å²) >= 11 is 0. The summed E-state index contributed by atoms with van der Waals surface area (Å²) in [5, 5.41) is -1.16. The highest BCUT2D eigenvalue weighted by Gasteiger charge is 2.59. The van der Waals surface area contributed by atoms with Crippen molar-refractivity contribution in [2.24, 2.45) is 17.3 Å². The maximum Gasteiger partial charge on any atom is 0.188 e. The van der Waals surface area contributed by atoms with E-state index in [-0.39, 0.29) is 35.9 Å². The first kappa shape index (κ1) is 21.7. The Balaban J connectivity index is 1.63. The first-order valence-electron chi connectivity index (χ1n) is 11.0. The number of aldehydes is 1. The zero-order valence-corrected chi connectivity index (χ0v) is 18.0. The summed E-state index contributed by atoms with van der Waals surface area (Å²) in [5.74, 6) is -1.10. The highest BCUT2D eigenvalue weighted by molar-refractivity contribution is 7.92. The molecule has 0 N–H and O–H groups in total. The smallest absolute Gasteiger partial charge is 0.188 e. The van der Waals surface area contributed by atoms with E-state index in [1.54, 1.807) is 18.2 Å². The zero-order chi connectivity index (χ0) is 21.2. The van der Waals surface area contributed by atoms with Crippen LogP contribution in [0.25, 0.3) is 0 Å². The predicted octanol–water partition coefficient (Wildman–Crippen LogP) is 3.34. The number of rotatable bonds is 6. The van der Waals surface area contributed by atoms with Gasteiger partial charge in [0.2, 0.25) is 0 Å². The molecule has 0 bridgehead atoms. The van der Waals surface area contributed by atoms with E-state index in [2.05, 4.69) is 0 Å². The van der Waals surface area contributed by atoms with Crippen molar-refractivity contribution in [3.8, 4) is 0 Å². The number of ether oxygens (including phenoxy) is 2. The molecule has 1 heterocycles. The van der Waals surface area contributed by atoms with Gasteiger partial charge in [0.1, 0.15) is 11.5 Å². The maximum atomic E-state index is 13.4. The largest absolute Gasteiger partial charge is 0.353 e. The Morgan fingerprint density at radius 1 is 1.10 bits per heavy atom. The summed E-state index contributed by atoms with van der Waals surface area (Å²) in [7, 11) is -3.86. The van der Waals surface area contributed by atoms with Crippen LogP contribution in [-0.2, 0) is 28.9 Å². The van der Waals surface area contributed by atoms with Gasteiger partial charge in [0.15, 0.2) is 21.9 Å². The molecule has 7 heteroatoms. The summed E-state index contributed by atoms with van der Waals surface area (Å²) in [5.41, 5.74) is -0.840. The molecule has 164 valence electrons. The molecule has 0 aromatic heterocycles. The molecule has 3 fully saturated rings. The lowest BCUT2D eigenvalue weighted by molar-refractivity contribution is -0.184. The van der Waals surface area contributed by atoms with E-state index in [0.717, 1.165) is 38.4 Å². The lowest BCUT2D eigenvalue weighted by Crippen LogP contribution is -2.58. The van der Waals surface area contributed by atoms with Crippen LogP contribution in [-0.4, -0.2) is 45.2 Å². The van der Waals surface area contributed by atoms with Crippen LogP contribution in [0.5, 0.6) is 0 Å². The van der Waals surface area contributed by atoms with Gasteiger partial charge < -0.3 is 14.3 Å². The highest BCUT2D eigenvalue weighted by atomic mass is 32.2. The number of benzene rings is 1. The summed E-state index contributed by atoms with van der Waals surface area (Å²) in [4.78, 5) is 25.9.